The number of rotatable bonds is 8. The molecule has 2 aromatic rings. The van der Waals surface area contributed by atoms with E-state index in [1.807, 2.05) is 60.7 Å². The van der Waals surface area contributed by atoms with Gasteiger partial charge in [0.05, 0.1) is 5.71 Å². The van der Waals surface area contributed by atoms with E-state index in [0.29, 0.717) is 17.0 Å². The van der Waals surface area contributed by atoms with Crippen LogP contribution in [0, 0.1) is 5.41 Å². The Balaban J connectivity index is 1.81. The highest BCUT2D eigenvalue weighted by atomic mass is 16.6. The molecule has 1 N–H and O–H groups in total. The number of hydrogen-bond acceptors (Lipinski definition) is 4. The highest BCUT2D eigenvalue weighted by Crippen LogP contribution is 2.13. The summed E-state index contributed by atoms with van der Waals surface area (Å²) in [4.78, 5) is 11.2. The minimum atomic E-state index is -0.412. The van der Waals surface area contributed by atoms with Crippen molar-refractivity contribution in [2.75, 3.05) is 13.2 Å². The molecule has 2 rings (SSSR count). The summed E-state index contributed by atoms with van der Waals surface area (Å²) in [6.45, 7) is 5.58. The Morgan fingerprint density at radius 2 is 1.76 bits per heavy atom. The van der Waals surface area contributed by atoms with Crippen molar-refractivity contribution in [1.29, 1.82) is 5.41 Å². The molecule has 0 aromatic heterocycles. The van der Waals surface area contributed by atoms with Gasteiger partial charge in [0, 0.05) is 5.57 Å². The number of benzene rings is 2. The van der Waals surface area contributed by atoms with E-state index in [0.717, 1.165) is 11.1 Å². The van der Waals surface area contributed by atoms with Crippen molar-refractivity contribution >= 4 is 17.8 Å². The van der Waals surface area contributed by atoms with Gasteiger partial charge < -0.3 is 14.9 Å². The fourth-order valence-corrected chi connectivity index (χ4v) is 1.99. The molecule has 0 radical (unpaired) electrons. The van der Waals surface area contributed by atoms with Gasteiger partial charge in [-0.05, 0) is 36.3 Å². The first-order valence-electron chi connectivity index (χ1n) is 7.94. The minimum absolute atomic E-state index is 0.182. The van der Waals surface area contributed by atoms with E-state index in [1.165, 1.54) is 0 Å². The molecule has 0 bridgehead atoms. The lowest BCUT2D eigenvalue weighted by Gasteiger charge is -2.07. The van der Waals surface area contributed by atoms with Crippen LogP contribution in [-0.2, 0) is 9.53 Å². The molecule has 0 spiro atoms. The highest BCUT2D eigenvalue weighted by Gasteiger charge is 2.02. The second kappa shape index (κ2) is 9.23. The lowest BCUT2D eigenvalue weighted by Crippen LogP contribution is -2.12. The van der Waals surface area contributed by atoms with Crippen LogP contribution in [0.15, 0.2) is 72.8 Å². The number of allylic oxidation sites excluding steroid dienone is 1. The fraction of sp³-hybridized carbons (Fsp3) is 0.143. The van der Waals surface area contributed by atoms with Crippen LogP contribution in [0.2, 0.25) is 0 Å². The zero-order valence-corrected chi connectivity index (χ0v) is 14.2. The van der Waals surface area contributed by atoms with E-state index in [-0.39, 0.29) is 13.2 Å². The second-order valence-corrected chi connectivity index (χ2v) is 5.45. The summed E-state index contributed by atoms with van der Waals surface area (Å²) >= 11 is 0. The summed E-state index contributed by atoms with van der Waals surface area (Å²) in [5, 5.41) is 8.04. The quantitative estimate of drug-likeness (QED) is 0.339. The molecule has 2 aromatic carbocycles. The normalized spacial score (nSPS) is 10.4. The number of nitrogens with one attached hydrogen (secondary N) is 1. The molecule has 0 aliphatic heterocycles. The van der Waals surface area contributed by atoms with Gasteiger partial charge in [0.1, 0.15) is 19.0 Å². The van der Waals surface area contributed by atoms with Crippen LogP contribution in [0.5, 0.6) is 5.75 Å². The molecule has 0 unspecified atom stereocenters. The third kappa shape index (κ3) is 6.11. The van der Waals surface area contributed by atoms with E-state index in [2.05, 4.69) is 6.58 Å². The van der Waals surface area contributed by atoms with E-state index >= 15 is 0 Å². The molecule has 0 fully saturated rings. The Morgan fingerprint density at radius 1 is 1.08 bits per heavy atom. The summed E-state index contributed by atoms with van der Waals surface area (Å²) in [5.41, 5.74) is 2.68. The maximum Gasteiger partial charge on any atom is 0.333 e. The zero-order valence-electron chi connectivity index (χ0n) is 14.2. The Morgan fingerprint density at radius 3 is 2.40 bits per heavy atom. The molecule has 4 heteroatoms. The van der Waals surface area contributed by atoms with E-state index in [4.69, 9.17) is 14.9 Å². The van der Waals surface area contributed by atoms with Crippen molar-refractivity contribution in [3.05, 3.63) is 84.0 Å². The average molecular weight is 335 g/mol. The van der Waals surface area contributed by atoms with Gasteiger partial charge in [-0.1, -0.05) is 55.1 Å². The lowest BCUT2D eigenvalue weighted by molar-refractivity contribution is -0.139. The number of hydrogen-bond donors (Lipinski definition) is 1. The minimum Gasteiger partial charge on any atom is -0.490 e. The lowest BCUT2D eigenvalue weighted by atomic mass is 10.1. The maximum absolute atomic E-state index is 11.2. The first-order chi connectivity index (χ1) is 12.1. The monoisotopic (exact) mass is 335 g/mol. The van der Waals surface area contributed by atoms with Crippen LogP contribution in [0.1, 0.15) is 18.1 Å². The molecule has 0 aliphatic carbocycles. The summed E-state index contributed by atoms with van der Waals surface area (Å²) in [6.07, 6.45) is 3.65. The zero-order chi connectivity index (χ0) is 18.1. The first-order valence-corrected chi connectivity index (χ1v) is 7.94. The second-order valence-electron chi connectivity index (χ2n) is 5.45. The molecule has 0 aliphatic rings. The van der Waals surface area contributed by atoms with Crippen molar-refractivity contribution in [1.82, 2.24) is 0 Å². The van der Waals surface area contributed by atoms with Crippen molar-refractivity contribution in [3.8, 4) is 5.75 Å². The third-order valence-electron chi connectivity index (χ3n) is 3.34. The predicted molar refractivity (Wildman–Crippen MR) is 100 cm³/mol. The largest absolute Gasteiger partial charge is 0.490 e. The summed E-state index contributed by atoms with van der Waals surface area (Å²) < 4.78 is 10.5. The Labute approximate surface area is 147 Å². The molecular formula is C21H21NO3. The average Bonchev–Trinajstić information content (AvgIpc) is 2.64. The number of esters is 1. The van der Waals surface area contributed by atoms with Gasteiger partial charge in [0.15, 0.2) is 0 Å². The number of carbonyl (C=O) groups excluding carboxylic acids is 1. The van der Waals surface area contributed by atoms with Gasteiger partial charge in [-0.3, -0.25) is 0 Å². The summed E-state index contributed by atoms with van der Waals surface area (Å²) in [7, 11) is 0. The van der Waals surface area contributed by atoms with Crippen molar-refractivity contribution in [2.45, 2.75) is 6.92 Å². The molecule has 0 amide bonds. The fourth-order valence-electron chi connectivity index (χ4n) is 1.99. The van der Waals surface area contributed by atoms with Gasteiger partial charge in [0.2, 0.25) is 0 Å². The van der Waals surface area contributed by atoms with Crippen LogP contribution in [0.3, 0.4) is 0 Å². The number of ether oxygens (including phenoxy) is 2. The highest BCUT2D eigenvalue weighted by molar-refractivity contribution is 6.08. The van der Waals surface area contributed by atoms with Crippen LogP contribution >= 0.6 is 0 Å². The van der Waals surface area contributed by atoms with Crippen LogP contribution < -0.4 is 4.74 Å². The van der Waals surface area contributed by atoms with Gasteiger partial charge >= 0.3 is 5.97 Å². The molecule has 4 nitrogen and oxygen atoms in total. The molecule has 0 saturated heterocycles. The van der Waals surface area contributed by atoms with Crippen LogP contribution in [-0.4, -0.2) is 24.9 Å². The van der Waals surface area contributed by atoms with Crippen molar-refractivity contribution in [3.63, 3.8) is 0 Å². The molecular weight excluding hydrogens is 314 g/mol. The Kier molecular flexibility index (Phi) is 6.72. The SMILES string of the molecule is C=C(C)C(=O)OCCOc1ccc(/C=C/C(=N)c2ccccc2)cc1. The van der Waals surface area contributed by atoms with Gasteiger partial charge in [-0.15, -0.1) is 0 Å². The van der Waals surface area contributed by atoms with Gasteiger partial charge in [-0.25, -0.2) is 4.79 Å². The van der Waals surface area contributed by atoms with Crippen LogP contribution in [0.4, 0.5) is 0 Å². The number of carbonyl (C=O) groups is 1. The molecule has 0 saturated carbocycles. The molecule has 128 valence electrons. The summed E-state index contributed by atoms with van der Waals surface area (Å²) in [5.74, 6) is 0.284. The maximum atomic E-state index is 11.2. The topological polar surface area (TPSA) is 59.4 Å². The first kappa shape index (κ1) is 18.2. The molecule has 25 heavy (non-hydrogen) atoms. The predicted octanol–water partition coefficient (Wildman–Crippen LogP) is 4.27. The Hall–Kier alpha value is -3.14. The third-order valence-corrected chi connectivity index (χ3v) is 3.34. The summed E-state index contributed by atoms with van der Waals surface area (Å²) in [6, 6.07) is 17.1. The van der Waals surface area contributed by atoms with Crippen molar-refractivity contribution < 1.29 is 14.3 Å². The van der Waals surface area contributed by atoms with Crippen LogP contribution in [0.25, 0.3) is 6.08 Å². The molecule has 0 heterocycles. The van der Waals surface area contributed by atoms with Gasteiger partial charge in [0.25, 0.3) is 0 Å². The van der Waals surface area contributed by atoms with Crippen molar-refractivity contribution in [2.24, 2.45) is 0 Å². The van der Waals surface area contributed by atoms with E-state index in [1.54, 1.807) is 13.0 Å². The van der Waals surface area contributed by atoms with E-state index < -0.39 is 5.97 Å². The Bertz CT molecular complexity index is 761. The van der Waals surface area contributed by atoms with Gasteiger partial charge in [-0.2, -0.15) is 0 Å². The smallest absolute Gasteiger partial charge is 0.333 e. The van der Waals surface area contributed by atoms with E-state index in [9.17, 15) is 4.79 Å². The standard InChI is InChI=1S/C21H21NO3/c1-16(2)21(23)25-15-14-24-19-11-8-17(9-12-19)10-13-20(22)18-6-4-3-5-7-18/h3-13,22H,1,14-15H2,2H3/b13-10+,22-20?. The molecule has 0 atom stereocenters.